The zero-order chi connectivity index (χ0) is 14.1. The highest BCUT2D eigenvalue weighted by Crippen LogP contribution is 2.36. The van der Waals surface area contributed by atoms with Gasteiger partial charge in [0.1, 0.15) is 0 Å². The van der Waals surface area contributed by atoms with Gasteiger partial charge in [-0.3, -0.25) is 4.79 Å². The molecule has 20 heavy (non-hydrogen) atoms. The van der Waals surface area contributed by atoms with Crippen LogP contribution in [0.1, 0.15) is 39.7 Å². The summed E-state index contributed by atoms with van der Waals surface area (Å²) in [6.07, 6.45) is 2.10. The molecular weight excluding hydrogens is 268 g/mol. The third-order valence-electron chi connectivity index (χ3n) is 3.94. The van der Waals surface area contributed by atoms with E-state index in [4.69, 9.17) is 5.73 Å². The molecule has 1 aromatic heterocycles. The van der Waals surface area contributed by atoms with Gasteiger partial charge in [-0.1, -0.05) is 18.2 Å². The number of carbonyl (C=O) groups is 1. The van der Waals surface area contributed by atoms with Crippen LogP contribution in [0.5, 0.6) is 0 Å². The third kappa shape index (κ3) is 2.20. The number of thiophene rings is 1. The number of hydrogen-bond acceptors (Lipinski definition) is 3. The molecule has 3 rings (SSSR count). The molecule has 2 N–H and O–H groups in total. The highest BCUT2D eigenvalue weighted by Gasteiger charge is 2.31. The number of nitrogen functional groups attached to an aromatic ring is 1. The number of amides is 1. The van der Waals surface area contributed by atoms with Crippen LogP contribution in [0.3, 0.4) is 0 Å². The molecule has 3 nitrogen and oxygen atoms in total. The summed E-state index contributed by atoms with van der Waals surface area (Å²) in [6, 6.07) is 10.0. The van der Waals surface area contributed by atoms with Gasteiger partial charge in [0.05, 0.1) is 11.6 Å². The van der Waals surface area contributed by atoms with Crippen molar-refractivity contribution in [3.63, 3.8) is 0 Å². The van der Waals surface area contributed by atoms with Crippen molar-refractivity contribution < 1.29 is 4.79 Å². The molecule has 0 aliphatic carbocycles. The van der Waals surface area contributed by atoms with E-state index in [0.29, 0.717) is 11.3 Å². The molecule has 2 heterocycles. The second-order valence-corrected chi connectivity index (χ2v) is 6.19. The Morgan fingerprint density at radius 2 is 2.20 bits per heavy atom. The van der Waals surface area contributed by atoms with Crippen LogP contribution in [0.15, 0.2) is 35.7 Å². The lowest BCUT2D eigenvalue weighted by Crippen LogP contribution is -2.30. The third-order valence-corrected chi connectivity index (χ3v) is 4.91. The summed E-state index contributed by atoms with van der Waals surface area (Å²) in [4.78, 5) is 16.0. The first kappa shape index (κ1) is 13.2. The number of aryl methyl sites for hydroxylation is 1. The van der Waals surface area contributed by atoms with Gasteiger partial charge in [0.15, 0.2) is 0 Å². The van der Waals surface area contributed by atoms with Crippen LogP contribution < -0.4 is 5.73 Å². The summed E-state index contributed by atoms with van der Waals surface area (Å²) >= 11 is 1.72. The van der Waals surface area contributed by atoms with E-state index < -0.39 is 0 Å². The zero-order valence-corrected chi connectivity index (χ0v) is 12.3. The molecule has 2 aromatic rings. The van der Waals surface area contributed by atoms with E-state index in [9.17, 15) is 4.79 Å². The number of hydrogen-bond donors (Lipinski definition) is 1. The molecule has 1 fully saturated rings. The molecule has 1 unspecified atom stereocenters. The fraction of sp³-hybridized carbons (Fsp3) is 0.312. The summed E-state index contributed by atoms with van der Waals surface area (Å²) in [5, 5.41) is 2.07. The fourth-order valence-electron chi connectivity index (χ4n) is 2.81. The van der Waals surface area contributed by atoms with Gasteiger partial charge in [-0.05, 0) is 42.8 Å². The predicted molar refractivity (Wildman–Crippen MR) is 82.9 cm³/mol. The van der Waals surface area contributed by atoms with Crippen LogP contribution in [0.4, 0.5) is 5.69 Å². The smallest absolute Gasteiger partial charge is 0.256 e. The minimum Gasteiger partial charge on any atom is -0.398 e. The monoisotopic (exact) mass is 286 g/mol. The van der Waals surface area contributed by atoms with Crippen LogP contribution in [0.25, 0.3) is 0 Å². The van der Waals surface area contributed by atoms with Crippen molar-refractivity contribution in [3.8, 4) is 0 Å². The number of carbonyl (C=O) groups excluding carboxylic acids is 1. The Morgan fingerprint density at radius 1 is 1.35 bits per heavy atom. The first-order valence-corrected chi connectivity index (χ1v) is 7.76. The van der Waals surface area contributed by atoms with E-state index >= 15 is 0 Å². The SMILES string of the molecule is Cc1cccc(C(=O)N2CCCC2c2cccs2)c1N. The Balaban J connectivity index is 1.92. The maximum atomic E-state index is 12.8. The van der Waals surface area contributed by atoms with Gasteiger partial charge in [-0.25, -0.2) is 0 Å². The van der Waals surface area contributed by atoms with Crippen LogP contribution in [-0.2, 0) is 0 Å². The van der Waals surface area contributed by atoms with Gasteiger partial charge in [0, 0.05) is 17.1 Å². The van der Waals surface area contributed by atoms with Crippen LogP contribution in [0.2, 0.25) is 0 Å². The van der Waals surface area contributed by atoms with Gasteiger partial charge in [0.25, 0.3) is 5.91 Å². The van der Waals surface area contributed by atoms with E-state index in [2.05, 4.69) is 11.4 Å². The van der Waals surface area contributed by atoms with Gasteiger partial charge >= 0.3 is 0 Å². The molecule has 1 amide bonds. The molecule has 4 heteroatoms. The van der Waals surface area contributed by atoms with Gasteiger partial charge < -0.3 is 10.6 Å². The molecule has 1 aromatic carbocycles. The zero-order valence-electron chi connectivity index (χ0n) is 11.5. The van der Waals surface area contributed by atoms with Gasteiger partial charge in [-0.15, -0.1) is 11.3 Å². The number of benzene rings is 1. The number of likely N-dealkylation sites (tertiary alicyclic amines) is 1. The highest BCUT2D eigenvalue weighted by molar-refractivity contribution is 7.10. The van der Waals surface area contributed by atoms with E-state index in [1.165, 1.54) is 4.88 Å². The Labute approximate surface area is 123 Å². The van der Waals surface area contributed by atoms with Crippen molar-refractivity contribution >= 4 is 22.9 Å². The van der Waals surface area contributed by atoms with E-state index in [1.807, 2.05) is 36.1 Å². The number of nitrogens with two attached hydrogens (primary N) is 1. The normalized spacial score (nSPS) is 18.4. The predicted octanol–water partition coefficient (Wildman–Crippen LogP) is 3.62. The topological polar surface area (TPSA) is 46.3 Å². The minimum atomic E-state index is 0.0575. The largest absolute Gasteiger partial charge is 0.398 e. The lowest BCUT2D eigenvalue weighted by atomic mass is 10.1. The lowest BCUT2D eigenvalue weighted by molar-refractivity contribution is 0.0739. The van der Waals surface area contributed by atoms with Crippen molar-refractivity contribution in [1.82, 2.24) is 4.90 Å². The van der Waals surface area contributed by atoms with Crippen molar-refractivity contribution in [3.05, 3.63) is 51.7 Å². The molecule has 104 valence electrons. The Bertz CT molecular complexity index is 621. The number of nitrogens with zero attached hydrogens (tertiary/aromatic N) is 1. The standard InChI is InChI=1S/C16H18N2OS/c1-11-5-2-6-12(15(11)17)16(19)18-9-3-7-13(18)14-8-4-10-20-14/h2,4-6,8,10,13H,3,7,9,17H2,1H3. The summed E-state index contributed by atoms with van der Waals surface area (Å²) in [5.74, 6) is 0.0575. The summed E-state index contributed by atoms with van der Waals surface area (Å²) in [5.41, 5.74) is 8.27. The van der Waals surface area contributed by atoms with Crippen LogP contribution in [0, 0.1) is 6.92 Å². The number of rotatable bonds is 2. The molecule has 1 aliphatic heterocycles. The first-order valence-electron chi connectivity index (χ1n) is 6.88. The van der Waals surface area contributed by atoms with E-state index in [-0.39, 0.29) is 11.9 Å². The molecular formula is C16H18N2OS. The average molecular weight is 286 g/mol. The van der Waals surface area contributed by atoms with E-state index in [0.717, 1.165) is 24.9 Å². The average Bonchev–Trinajstić information content (AvgIpc) is 3.10. The van der Waals surface area contributed by atoms with E-state index in [1.54, 1.807) is 11.3 Å². The van der Waals surface area contributed by atoms with Crippen molar-refractivity contribution in [1.29, 1.82) is 0 Å². The molecule has 1 atom stereocenters. The van der Waals surface area contributed by atoms with Crippen LogP contribution >= 0.6 is 11.3 Å². The minimum absolute atomic E-state index is 0.0575. The Kier molecular flexibility index (Phi) is 3.49. The Morgan fingerprint density at radius 3 is 2.95 bits per heavy atom. The van der Waals surface area contributed by atoms with Gasteiger partial charge in [-0.2, -0.15) is 0 Å². The molecule has 1 saturated heterocycles. The van der Waals surface area contributed by atoms with Gasteiger partial charge in [0.2, 0.25) is 0 Å². The second kappa shape index (κ2) is 5.29. The number of anilines is 1. The molecule has 0 saturated carbocycles. The maximum Gasteiger partial charge on any atom is 0.256 e. The quantitative estimate of drug-likeness (QED) is 0.857. The highest BCUT2D eigenvalue weighted by atomic mass is 32.1. The summed E-state index contributed by atoms with van der Waals surface area (Å²) < 4.78 is 0. The molecule has 0 radical (unpaired) electrons. The maximum absolute atomic E-state index is 12.8. The molecule has 0 spiro atoms. The van der Waals surface area contributed by atoms with Crippen molar-refractivity contribution in [2.45, 2.75) is 25.8 Å². The molecule has 1 aliphatic rings. The summed E-state index contributed by atoms with van der Waals surface area (Å²) in [6.45, 7) is 2.75. The molecule has 0 bridgehead atoms. The van der Waals surface area contributed by atoms with Crippen molar-refractivity contribution in [2.24, 2.45) is 0 Å². The Hall–Kier alpha value is -1.81. The fourth-order valence-corrected chi connectivity index (χ4v) is 3.68. The lowest BCUT2D eigenvalue weighted by Gasteiger charge is -2.24. The van der Waals surface area contributed by atoms with Crippen LogP contribution in [-0.4, -0.2) is 17.4 Å². The second-order valence-electron chi connectivity index (χ2n) is 5.21. The summed E-state index contributed by atoms with van der Waals surface area (Å²) in [7, 11) is 0. The first-order chi connectivity index (χ1) is 9.68. The number of para-hydroxylation sites is 1. The van der Waals surface area contributed by atoms with Crippen molar-refractivity contribution in [2.75, 3.05) is 12.3 Å².